The highest BCUT2D eigenvalue weighted by molar-refractivity contribution is 6.04. The van der Waals surface area contributed by atoms with Crippen LogP contribution in [-0.2, 0) is 35.1 Å². The molecule has 0 N–H and O–H groups in total. The largest absolute Gasteiger partial charge is 0.379 e. The summed E-state index contributed by atoms with van der Waals surface area (Å²) in [4.78, 5) is 50.9. The molecule has 216 valence electrons. The van der Waals surface area contributed by atoms with Gasteiger partial charge in [-0.1, -0.05) is 52.0 Å². The van der Waals surface area contributed by atoms with Crippen molar-refractivity contribution in [2.75, 3.05) is 33.0 Å². The smallest absolute Gasteiger partial charge is 0.232 e. The zero-order valence-electron chi connectivity index (χ0n) is 24.3. The number of amides is 2. The maximum atomic E-state index is 12.6. The van der Waals surface area contributed by atoms with Gasteiger partial charge in [-0.15, -0.1) is 0 Å². The number of hydrogen-bond acceptors (Lipinski definition) is 6. The Balaban J connectivity index is 1.17. The summed E-state index contributed by atoms with van der Waals surface area (Å²) in [5, 5.41) is 0. The maximum Gasteiger partial charge on any atom is 0.232 e. The highest BCUT2D eigenvalue weighted by Crippen LogP contribution is 2.33. The molecule has 1 aromatic carbocycles. The van der Waals surface area contributed by atoms with Gasteiger partial charge < -0.3 is 9.47 Å². The van der Waals surface area contributed by atoms with Crippen molar-refractivity contribution in [2.24, 2.45) is 23.7 Å². The van der Waals surface area contributed by atoms with Gasteiger partial charge >= 0.3 is 0 Å². The number of nitrogens with zero attached hydrogens (tertiary/aromatic N) is 1. The standard InChI is InChI=1S/C32H47NO6/c1-22(2)27-11-7-25(8-12-27)20-29(34)15-17-39-19-18-38-16-5-6-30(35)28-13-9-26(10-14-28)21-33-31(36)23(3)24(4)32(33)37/h7-8,11-12,22-24,26,28H,5-6,9-10,13-21H2,1-4H3. The number of benzene rings is 1. The van der Waals surface area contributed by atoms with Gasteiger partial charge in [-0.25, -0.2) is 0 Å². The lowest BCUT2D eigenvalue weighted by Crippen LogP contribution is -2.37. The molecule has 0 aromatic heterocycles. The molecule has 1 aliphatic carbocycles. The fourth-order valence-corrected chi connectivity index (χ4v) is 5.53. The van der Waals surface area contributed by atoms with E-state index in [0.717, 1.165) is 31.2 Å². The summed E-state index contributed by atoms with van der Waals surface area (Å²) in [5.74, 6) is 0.782. The average molecular weight is 542 g/mol. The van der Waals surface area contributed by atoms with Crippen LogP contribution in [0.4, 0.5) is 0 Å². The Morgan fingerprint density at radius 2 is 1.44 bits per heavy atom. The summed E-state index contributed by atoms with van der Waals surface area (Å²) >= 11 is 0. The first-order chi connectivity index (χ1) is 18.7. The van der Waals surface area contributed by atoms with Gasteiger partial charge in [0.25, 0.3) is 0 Å². The van der Waals surface area contributed by atoms with E-state index in [4.69, 9.17) is 9.47 Å². The van der Waals surface area contributed by atoms with Gasteiger partial charge in [-0.3, -0.25) is 24.1 Å². The first-order valence-electron chi connectivity index (χ1n) is 14.8. The number of Topliss-reactive ketones (excluding diaryl/α,β-unsaturated/α-hetero) is 2. The highest BCUT2D eigenvalue weighted by Gasteiger charge is 2.43. The lowest BCUT2D eigenvalue weighted by Gasteiger charge is -2.30. The summed E-state index contributed by atoms with van der Waals surface area (Å²) in [7, 11) is 0. The minimum Gasteiger partial charge on any atom is -0.379 e. The second kappa shape index (κ2) is 15.4. The van der Waals surface area contributed by atoms with Crippen LogP contribution in [0.2, 0.25) is 0 Å². The van der Waals surface area contributed by atoms with Gasteiger partial charge in [0.05, 0.1) is 19.8 Å². The van der Waals surface area contributed by atoms with Crippen LogP contribution in [0.15, 0.2) is 24.3 Å². The van der Waals surface area contributed by atoms with Gasteiger partial charge in [0.2, 0.25) is 11.8 Å². The molecule has 7 nitrogen and oxygen atoms in total. The van der Waals surface area contributed by atoms with E-state index in [9.17, 15) is 19.2 Å². The Morgan fingerprint density at radius 1 is 0.846 bits per heavy atom. The number of rotatable bonds is 16. The molecule has 0 bridgehead atoms. The lowest BCUT2D eigenvalue weighted by molar-refractivity contribution is -0.141. The molecule has 0 spiro atoms. The van der Waals surface area contributed by atoms with Crippen molar-refractivity contribution in [1.29, 1.82) is 0 Å². The normalized spacial score (nSPS) is 23.6. The van der Waals surface area contributed by atoms with Crippen molar-refractivity contribution < 1.29 is 28.7 Å². The third-order valence-electron chi connectivity index (χ3n) is 8.46. The van der Waals surface area contributed by atoms with Crippen LogP contribution in [0.25, 0.3) is 0 Å². The Kier molecular flexibility index (Phi) is 12.3. The van der Waals surface area contributed by atoms with Gasteiger partial charge in [0.15, 0.2) is 0 Å². The molecule has 1 aromatic rings. The monoisotopic (exact) mass is 541 g/mol. The van der Waals surface area contributed by atoms with Crippen LogP contribution in [0, 0.1) is 23.7 Å². The fraction of sp³-hybridized carbons (Fsp3) is 0.688. The van der Waals surface area contributed by atoms with Crippen LogP contribution in [-0.4, -0.2) is 61.3 Å². The zero-order valence-corrected chi connectivity index (χ0v) is 24.3. The van der Waals surface area contributed by atoms with Crippen LogP contribution in [0.1, 0.15) is 89.7 Å². The Labute approximate surface area is 234 Å². The van der Waals surface area contributed by atoms with E-state index < -0.39 is 0 Å². The summed E-state index contributed by atoms with van der Waals surface area (Å²) in [6, 6.07) is 8.23. The van der Waals surface area contributed by atoms with E-state index in [1.807, 2.05) is 26.0 Å². The van der Waals surface area contributed by atoms with Crippen molar-refractivity contribution >= 4 is 23.4 Å². The molecule has 2 aliphatic rings. The summed E-state index contributed by atoms with van der Waals surface area (Å²) < 4.78 is 11.1. The fourth-order valence-electron chi connectivity index (χ4n) is 5.53. The lowest BCUT2D eigenvalue weighted by atomic mass is 9.79. The minimum atomic E-state index is -0.225. The number of ketones is 2. The van der Waals surface area contributed by atoms with Crippen LogP contribution < -0.4 is 0 Å². The molecule has 0 radical (unpaired) electrons. The zero-order chi connectivity index (χ0) is 28.4. The molecule has 3 rings (SSSR count). The Morgan fingerprint density at radius 3 is 2.03 bits per heavy atom. The van der Waals surface area contributed by atoms with Crippen molar-refractivity contribution in [3.8, 4) is 0 Å². The van der Waals surface area contributed by atoms with Gasteiger partial charge in [-0.05, 0) is 55.1 Å². The third-order valence-corrected chi connectivity index (χ3v) is 8.46. The average Bonchev–Trinajstić information content (AvgIpc) is 3.10. The van der Waals surface area contributed by atoms with Crippen LogP contribution in [0.3, 0.4) is 0 Å². The Hall–Kier alpha value is -2.38. The molecular formula is C32H47NO6. The van der Waals surface area contributed by atoms with E-state index in [1.165, 1.54) is 10.5 Å². The number of likely N-dealkylation sites (tertiary alicyclic amines) is 1. The SMILES string of the molecule is CC(C)c1ccc(CC(=O)CCOCCOCCCC(=O)C2CCC(CN3C(=O)C(C)C(C)C3=O)CC2)cc1. The number of carbonyl (C=O) groups excluding carboxylic acids is 4. The van der Waals surface area contributed by atoms with E-state index >= 15 is 0 Å². The molecule has 1 heterocycles. The number of carbonyl (C=O) groups is 4. The maximum absolute atomic E-state index is 12.6. The van der Waals surface area contributed by atoms with Crippen molar-refractivity contribution in [3.63, 3.8) is 0 Å². The summed E-state index contributed by atoms with van der Waals surface area (Å²) in [6.45, 7) is 10.3. The van der Waals surface area contributed by atoms with Crippen molar-refractivity contribution in [3.05, 3.63) is 35.4 Å². The first-order valence-corrected chi connectivity index (χ1v) is 14.8. The van der Waals surface area contributed by atoms with Crippen LogP contribution >= 0.6 is 0 Å². The van der Waals surface area contributed by atoms with Crippen molar-refractivity contribution in [1.82, 2.24) is 4.90 Å². The topological polar surface area (TPSA) is 90.0 Å². The summed E-state index contributed by atoms with van der Waals surface area (Å²) in [5.41, 5.74) is 2.31. The van der Waals surface area contributed by atoms with Crippen LogP contribution in [0.5, 0.6) is 0 Å². The van der Waals surface area contributed by atoms with Gasteiger partial charge in [0.1, 0.15) is 11.6 Å². The van der Waals surface area contributed by atoms with Crippen molar-refractivity contribution in [2.45, 2.75) is 85.0 Å². The second-order valence-electron chi connectivity index (χ2n) is 11.7. The first kappa shape index (κ1) is 31.2. The van der Waals surface area contributed by atoms with E-state index in [1.54, 1.807) is 0 Å². The predicted octanol–water partition coefficient (Wildman–Crippen LogP) is 5.14. The van der Waals surface area contributed by atoms with Gasteiger partial charge in [-0.2, -0.15) is 0 Å². The molecule has 1 aliphatic heterocycles. The number of hydrogen-bond donors (Lipinski definition) is 0. The molecule has 1 saturated heterocycles. The van der Waals surface area contributed by atoms with E-state index in [2.05, 4.69) is 26.0 Å². The number of imide groups is 1. The molecule has 39 heavy (non-hydrogen) atoms. The molecule has 2 atom stereocenters. The molecule has 1 saturated carbocycles. The highest BCUT2D eigenvalue weighted by atomic mass is 16.5. The van der Waals surface area contributed by atoms with E-state index in [-0.39, 0.29) is 35.4 Å². The molecule has 7 heteroatoms. The molecule has 2 fully saturated rings. The third kappa shape index (κ3) is 9.35. The molecule has 2 unspecified atom stereocenters. The number of ether oxygens (including phenoxy) is 2. The molecule has 2 amide bonds. The predicted molar refractivity (Wildman–Crippen MR) is 150 cm³/mol. The minimum absolute atomic E-state index is 0.0483. The van der Waals surface area contributed by atoms with E-state index in [0.29, 0.717) is 76.3 Å². The quantitative estimate of drug-likeness (QED) is 0.213. The summed E-state index contributed by atoms with van der Waals surface area (Å²) in [6.07, 6.45) is 5.48. The Bertz CT molecular complexity index is 943. The molecular weight excluding hydrogens is 494 g/mol. The van der Waals surface area contributed by atoms with Gasteiger partial charge in [0, 0.05) is 50.2 Å². The second-order valence-corrected chi connectivity index (χ2v) is 11.7.